The first-order chi connectivity index (χ1) is 17.4. The maximum Gasteiger partial charge on any atom is 0.306 e. The average molecular weight is 542 g/mol. The summed E-state index contributed by atoms with van der Waals surface area (Å²) in [5.41, 5.74) is 2.56. The minimum absolute atomic E-state index is 0. The van der Waals surface area contributed by atoms with Gasteiger partial charge >= 0.3 is 5.97 Å². The first kappa shape index (κ1) is 27.3. The van der Waals surface area contributed by atoms with Gasteiger partial charge in [-0.2, -0.15) is 0 Å². The maximum absolute atomic E-state index is 13.1. The molecular formula is C27H35N5O3S2. The van der Waals surface area contributed by atoms with Gasteiger partial charge in [-0.1, -0.05) is 7.43 Å². The lowest BCUT2D eigenvalue weighted by molar-refractivity contribution is -0.142. The number of likely N-dealkylation sites (tertiary alicyclic amines) is 1. The molecule has 37 heavy (non-hydrogen) atoms. The van der Waals surface area contributed by atoms with Gasteiger partial charge < -0.3 is 10.0 Å². The normalized spacial score (nSPS) is 18.6. The van der Waals surface area contributed by atoms with E-state index in [2.05, 4.69) is 40.2 Å². The number of aryl methyl sites for hydroxylation is 1. The molecule has 10 heteroatoms. The molecule has 0 radical (unpaired) electrons. The van der Waals surface area contributed by atoms with Gasteiger partial charge in [-0.25, -0.2) is 15.0 Å². The number of hydrogen-bond acceptors (Lipinski definition) is 9. The predicted molar refractivity (Wildman–Crippen MR) is 149 cm³/mol. The van der Waals surface area contributed by atoms with Gasteiger partial charge in [0.15, 0.2) is 5.78 Å². The highest BCUT2D eigenvalue weighted by Gasteiger charge is 2.26. The summed E-state index contributed by atoms with van der Waals surface area (Å²) in [5, 5.41) is 12.1. The molecular weight excluding hydrogens is 506 g/mol. The van der Waals surface area contributed by atoms with Crippen LogP contribution in [0.4, 0.5) is 5.82 Å². The number of aliphatic carboxylic acids is 1. The Bertz CT molecular complexity index is 1230. The van der Waals surface area contributed by atoms with Gasteiger partial charge in [0.2, 0.25) is 0 Å². The Morgan fingerprint density at radius 2 is 1.92 bits per heavy atom. The summed E-state index contributed by atoms with van der Waals surface area (Å²) >= 11 is 3.33. The summed E-state index contributed by atoms with van der Waals surface area (Å²) in [6.45, 7) is 7.60. The van der Waals surface area contributed by atoms with Crippen molar-refractivity contribution in [2.75, 3.05) is 24.5 Å². The number of carbonyl (C=O) groups excluding carboxylic acids is 1. The van der Waals surface area contributed by atoms with Gasteiger partial charge in [0.05, 0.1) is 35.3 Å². The quantitative estimate of drug-likeness (QED) is 0.383. The second-order valence-electron chi connectivity index (χ2n) is 9.79. The van der Waals surface area contributed by atoms with Crippen molar-refractivity contribution < 1.29 is 14.7 Å². The van der Waals surface area contributed by atoms with E-state index in [1.807, 2.05) is 4.90 Å². The van der Waals surface area contributed by atoms with Crippen LogP contribution in [-0.4, -0.2) is 62.4 Å². The molecule has 2 fully saturated rings. The molecule has 2 aliphatic rings. The molecule has 0 saturated carbocycles. The number of rotatable bonds is 8. The Morgan fingerprint density at radius 3 is 2.51 bits per heavy atom. The number of carboxylic acids is 1. The number of ketones is 1. The molecule has 1 N–H and O–H groups in total. The van der Waals surface area contributed by atoms with Gasteiger partial charge in [-0.3, -0.25) is 14.5 Å². The van der Waals surface area contributed by atoms with Gasteiger partial charge in [0.1, 0.15) is 16.5 Å². The maximum atomic E-state index is 13.1. The third-order valence-corrected chi connectivity index (χ3v) is 9.24. The molecule has 198 valence electrons. The average Bonchev–Trinajstić information content (AvgIpc) is 3.60. The van der Waals surface area contributed by atoms with Crippen molar-refractivity contribution >= 4 is 40.2 Å². The molecule has 0 aliphatic carbocycles. The number of carbonyl (C=O) groups is 2. The van der Waals surface area contributed by atoms with Crippen LogP contribution in [0, 0.1) is 12.8 Å². The highest BCUT2D eigenvalue weighted by molar-refractivity contribution is 7.15. The molecule has 0 spiro atoms. The summed E-state index contributed by atoms with van der Waals surface area (Å²) in [5.74, 6) is -0.446. The third-order valence-electron chi connectivity index (χ3n) is 7.15. The molecule has 3 aromatic heterocycles. The van der Waals surface area contributed by atoms with E-state index >= 15 is 0 Å². The summed E-state index contributed by atoms with van der Waals surface area (Å²) in [7, 11) is 0. The third kappa shape index (κ3) is 6.25. The number of nitrogens with zero attached hydrogens (tertiary/aromatic N) is 5. The Morgan fingerprint density at radius 1 is 1.14 bits per heavy atom. The summed E-state index contributed by atoms with van der Waals surface area (Å²) in [6.07, 6.45) is 6.99. The van der Waals surface area contributed by atoms with Crippen molar-refractivity contribution in [3.05, 3.63) is 45.0 Å². The van der Waals surface area contributed by atoms with Crippen LogP contribution in [0.2, 0.25) is 0 Å². The Balaban J connectivity index is 0.00000320. The highest BCUT2D eigenvalue weighted by Crippen LogP contribution is 2.35. The van der Waals surface area contributed by atoms with Crippen molar-refractivity contribution in [2.24, 2.45) is 5.92 Å². The van der Waals surface area contributed by atoms with E-state index in [0.717, 1.165) is 28.7 Å². The zero-order valence-electron chi connectivity index (χ0n) is 20.6. The van der Waals surface area contributed by atoms with Crippen LogP contribution < -0.4 is 4.90 Å². The Kier molecular flexibility index (Phi) is 8.71. The van der Waals surface area contributed by atoms with Crippen molar-refractivity contribution in [3.63, 3.8) is 0 Å². The molecule has 0 bridgehead atoms. The van der Waals surface area contributed by atoms with E-state index < -0.39 is 5.97 Å². The van der Waals surface area contributed by atoms with Gasteiger partial charge in [-0.15, -0.1) is 22.7 Å². The standard InChI is InChI=1S/C26H31N5O3S2.CH4/c1-16-10-21(35-15-16)25-22(14-31-7-3-4-17(31)2)36-24(29-25)11-20(32)19-12-28-23(13-27-19)30-8-5-18(6-9-30)26(33)34;/h10,12-13,15,17-18H,3-9,11,14H2,1-2H3,(H,33,34);1H4/t17-;/m1./s1. The monoisotopic (exact) mass is 541 g/mol. The molecule has 0 aromatic carbocycles. The van der Waals surface area contributed by atoms with Crippen LogP contribution in [0.1, 0.15) is 66.0 Å². The van der Waals surface area contributed by atoms with Gasteiger partial charge in [0, 0.05) is 30.6 Å². The molecule has 3 aromatic rings. The highest BCUT2D eigenvalue weighted by atomic mass is 32.1. The number of thiophene rings is 1. The van der Waals surface area contributed by atoms with Crippen molar-refractivity contribution in [3.8, 4) is 10.6 Å². The Labute approximate surface area is 226 Å². The largest absolute Gasteiger partial charge is 0.481 e. The minimum Gasteiger partial charge on any atom is -0.481 e. The van der Waals surface area contributed by atoms with Crippen LogP contribution >= 0.6 is 22.7 Å². The van der Waals surface area contributed by atoms with Gasteiger partial charge in [-0.05, 0) is 63.1 Å². The second kappa shape index (κ2) is 11.8. The lowest BCUT2D eigenvalue weighted by atomic mass is 9.97. The number of anilines is 1. The van der Waals surface area contributed by atoms with Crippen LogP contribution in [-0.2, 0) is 17.8 Å². The molecule has 1 atom stereocenters. The van der Waals surface area contributed by atoms with E-state index in [4.69, 9.17) is 4.98 Å². The summed E-state index contributed by atoms with van der Waals surface area (Å²) in [6, 6.07) is 2.74. The number of thiazole rings is 1. The molecule has 5 rings (SSSR count). The first-order valence-electron chi connectivity index (χ1n) is 12.5. The lowest BCUT2D eigenvalue weighted by Gasteiger charge is -2.30. The smallest absolute Gasteiger partial charge is 0.306 e. The van der Waals surface area contributed by atoms with Crippen molar-refractivity contribution in [1.82, 2.24) is 19.9 Å². The zero-order chi connectivity index (χ0) is 25.2. The number of aromatic nitrogens is 3. The summed E-state index contributed by atoms with van der Waals surface area (Å²) in [4.78, 5) is 44.9. The predicted octanol–water partition coefficient (Wildman–Crippen LogP) is 5.32. The van der Waals surface area contributed by atoms with E-state index in [0.29, 0.717) is 43.5 Å². The molecule has 2 saturated heterocycles. The van der Waals surface area contributed by atoms with Crippen LogP contribution in [0.25, 0.3) is 10.6 Å². The van der Waals surface area contributed by atoms with Crippen molar-refractivity contribution in [1.29, 1.82) is 0 Å². The lowest BCUT2D eigenvalue weighted by Crippen LogP contribution is -2.36. The second-order valence-corrected chi connectivity index (χ2v) is 11.9. The zero-order valence-corrected chi connectivity index (χ0v) is 22.3. The van der Waals surface area contributed by atoms with E-state index in [-0.39, 0.29) is 25.5 Å². The molecule has 0 unspecified atom stereocenters. The fourth-order valence-electron chi connectivity index (χ4n) is 4.96. The number of piperidine rings is 1. The Hall–Kier alpha value is -2.69. The number of carboxylic acid groups (broad SMARTS) is 1. The van der Waals surface area contributed by atoms with Crippen LogP contribution in [0.3, 0.4) is 0 Å². The van der Waals surface area contributed by atoms with Gasteiger partial charge in [0.25, 0.3) is 0 Å². The number of Topliss-reactive ketones (excluding diaryl/α,β-unsaturated/α-hetero) is 1. The summed E-state index contributed by atoms with van der Waals surface area (Å²) < 4.78 is 0. The van der Waals surface area contributed by atoms with Crippen LogP contribution in [0.15, 0.2) is 23.8 Å². The molecule has 5 heterocycles. The minimum atomic E-state index is -0.737. The first-order valence-corrected chi connectivity index (χ1v) is 14.2. The van der Waals surface area contributed by atoms with E-state index in [1.54, 1.807) is 28.9 Å². The van der Waals surface area contributed by atoms with E-state index in [1.165, 1.54) is 29.5 Å². The topological polar surface area (TPSA) is 99.5 Å². The number of hydrogen-bond donors (Lipinski definition) is 1. The van der Waals surface area contributed by atoms with Crippen molar-refractivity contribution in [2.45, 2.75) is 66.0 Å². The molecule has 0 amide bonds. The molecule has 2 aliphatic heterocycles. The SMILES string of the molecule is C.Cc1csc(-c2nc(CC(=O)c3cnc(N4CCC(C(=O)O)CC4)cn3)sc2CN2CCC[C@H]2C)c1. The van der Waals surface area contributed by atoms with Crippen LogP contribution in [0.5, 0.6) is 0 Å². The van der Waals surface area contributed by atoms with E-state index in [9.17, 15) is 14.7 Å². The molecule has 8 nitrogen and oxygen atoms in total. The fraction of sp³-hybridized carbons (Fsp3) is 0.519. The fourth-order valence-corrected chi connectivity index (χ4v) is 7.04.